The summed E-state index contributed by atoms with van der Waals surface area (Å²) < 4.78 is 4.99. The third-order valence-electron chi connectivity index (χ3n) is 3.79. The summed E-state index contributed by atoms with van der Waals surface area (Å²) in [5.41, 5.74) is 1.94. The first-order valence-corrected chi connectivity index (χ1v) is 6.90. The number of fused-ring (bicyclic) bond motifs is 1. The van der Waals surface area contributed by atoms with Crippen LogP contribution in [0, 0.1) is 10.1 Å². The number of allylic oxidation sites excluding steroid dienone is 1. The first-order valence-electron chi connectivity index (χ1n) is 6.90. The SMILES string of the molecule is COc1cc(C=C2Cc3ccccc3C2=O)c([N+](=O)[O-])cc1O. The average Bonchev–Trinajstić information content (AvgIpc) is 2.85. The van der Waals surface area contributed by atoms with Crippen molar-refractivity contribution in [3.8, 4) is 11.5 Å². The maximum absolute atomic E-state index is 12.4. The Hall–Kier alpha value is -3.15. The molecule has 0 saturated heterocycles. The number of ether oxygens (including phenoxy) is 1. The molecule has 1 aliphatic carbocycles. The standard InChI is InChI=1S/C17H13NO5/c1-23-16-8-11(14(18(21)22)9-15(16)19)7-12-6-10-4-2-3-5-13(10)17(12)20/h2-5,7-9,19H,6H2,1H3. The van der Waals surface area contributed by atoms with E-state index in [-0.39, 0.29) is 28.5 Å². The predicted molar refractivity (Wildman–Crippen MR) is 83.8 cm³/mol. The van der Waals surface area contributed by atoms with E-state index in [1.54, 1.807) is 12.1 Å². The van der Waals surface area contributed by atoms with E-state index in [9.17, 15) is 20.0 Å². The molecule has 0 unspecified atom stereocenters. The molecule has 0 fully saturated rings. The monoisotopic (exact) mass is 311 g/mol. The second-order valence-corrected chi connectivity index (χ2v) is 5.17. The van der Waals surface area contributed by atoms with Gasteiger partial charge in [-0.05, 0) is 17.7 Å². The van der Waals surface area contributed by atoms with E-state index in [0.717, 1.165) is 11.6 Å². The molecule has 0 heterocycles. The lowest BCUT2D eigenvalue weighted by molar-refractivity contribution is -0.385. The molecule has 0 aromatic heterocycles. The third-order valence-corrected chi connectivity index (χ3v) is 3.79. The van der Waals surface area contributed by atoms with Gasteiger partial charge in [-0.1, -0.05) is 24.3 Å². The van der Waals surface area contributed by atoms with Gasteiger partial charge in [0.1, 0.15) is 0 Å². The van der Waals surface area contributed by atoms with E-state index in [2.05, 4.69) is 0 Å². The summed E-state index contributed by atoms with van der Waals surface area (Å²) in [6.45, 7) is 0. The van der Waals surface area contributed by atoms with Gasteiger partial charge in [-0.25, -0.2) is 0 Å². The van der Waals surface area contributed by atoms with Gasteiger partial charge in [0, 0.05) is 17.6 Å². The zero-order valence-electron chi connectivity index (χ0n) is 12.3. The maximum Gasteiger partial charge on any atom is 0.280 e. The lowest BCUT2D eigenvalue weighted by Gasteiger charge is -2.06. The summed E-state index contributed by atoms with van der Waals surface area (Å²) >= 11 is 0. The zero-order valence-corrected chi connectivity index (χ0v) is 12.3. The van der Waals surface area contributed by atoms with Crippen LogP contribution in [0.5, 0.6) is 11.5 Å². The van der Waals surface area contributed by atoms with Crippen LogP contribution in [0.4, 0.5) is 5.69 Å². The lowest BCUT2D eigenvalue weighted by Crippen LogP contribution is -1.98. The van der Waals surface area contributed by atoms with Gasteiger partial charge in [-0.3, -0.25) is 14.9 Å². The zero-order chi connectivity index (χ0) is 16.6. The molecule has 0 aliphatic heterocycles. The van der Waals surface area contributed by atoms with Crippen molar-refractivity contribution in [3.05, 3.63) is 68.8 Å². The fourth-order valence-electron chi connectivity index (χ4n) is 2.67. The van der Waals surface area contributed by atoms with E-state index in [0.29, 0.717) is 17.6 Å². The fourth-order valence-corrected chi connectivity index (χ4v) is 2.67. The van der Waals surface area contributed by atoms with Crippen molar-refractivity contribution < 1.29 is 19.6 Å². The Morgan fingerprint density at radius 3 is 2.70 bits per heavy atom. The van der Waals surface area contributed by atoms with Gasteiger partial charge in [0.2, 0.25) is 0 Å². The minimum Gasteiger partial charge on any atom is -0.504 e. The smallest absolute Gasteiger partial charge is 0.280 e. The molecule has 0 saturated carbocycles. The summed E-state index contributed by atoms with van der Waals surface area (Å²) in [4.78, 5) is 23.0. The van der Waals surface area contributed by atoms with Gasteiger partial charge in [-0.2, -0.15) is 0 Å². The topological polar surface area (TPSA) is 89.7 Å². The van der Waals surface area contributed by atoms with Gasteiger partial charge in [0.05, 0.1) is 23.7 Å². The highest BCUT2D eigenvalue weighted by Gasteiger charge is 2.26. The molecule has 6 nitrogen and oxygen atoms in total. The Labute approximate surface area is 131 Å². The van der Waals surface area contributed by atoms with Gasteiger partial charge >= 0.3 is 0 Å². The molecule has 1 aliphatic rings. The van der Waals surface area contributed by atoms with Gasteiger partial charge < -0.3 is 9.84 Å². The molecule has 116 valence electrons. The number of benzene rings is 2. The van der Waals surface area contributed by atoms with Crippen LogP contribution in [0.25, 0.3) is 6.08 Å². The highest BCUT2D eigenvalue weighted by Crippen LogP contribution is 2.36. The van der Waals surface area contributed by atoms with E-state index in [4.69, 9.17) is 4.74 Å². The summed E-state index contributed by atoms with van der Waals surface area (Å²) in [5.74, 6) is -0.338. The van der Waals surface area contributed by atoms with Crippen LogP contribution >= 0.6 is 0 Å². The predicted octanol–water partition coefficient (Wildman–Crippen LogP) is 3.13. The summed E-state index contributed by atoms with van der Waals surface area (Å²) in [7, 11) is 1.36. The fraction of sp³-hybridized carbons (Fsp3) is 0.118. The van der Waals surface area contributed by atoms with Crippen molar-refractivity contribution in [2.45, 2.75) is 6.42 Å². The number of nitro groups is 1. The van der Waals surface area contributed by atoms with E-state index >= 15 is 0 Å². The van der Waals surface area contributed by atoms with Crippen LogP contribution in [0.15, 0.2) is 42.0 Å². The summed E-state index contributed by atoms with van der Waals surface area (Å²) in [6, 6.07) is 9.62. The summed E-state index contributed by atoms with van der Waals surface area (Å²) in [6.07, 6.45) is 1.91. The minimum absolute atomic E-state index is 0.116. The molecule has 6 heteroatoms. The molecule has 2 aromatic rings. The number of hydrogen-bond donors (Lipinski definition) is 1. The molecule has 0 spiro atoms. The normalized spacial score (nSPS) is 14.8. The van der Waals surface area contributed by atoms with Crippen molar-refractivity contribution in [1.82, 2.24) is 0 Å². The Kier molecular flexibility index (Phi) is 3.57. The number of rotatable bonds is 3. The molecule has 0 bridgehead atoms. The molecule has 3 rings (SSSR count). The van der Waals surface area contributed by atoms with Crippen LogP contribution in [-0.2, 0) is 6.42 Å². The largest absolute Gasteiger partial charge is 0.504 e. The maximum atomic E-state index is 12.4. The number of methoxy groups -OCH3 is 1. The Morgan fingerprint density at radius 2 is 2.04 bits per heavy atom. The Morgan fingerprint density at radius 1 is 1.30 bits per heavy atom. The second-order valence-electron chi connectivity index (χ2n) is 5.17. The van der Waals surface area contributed by atoms with Crippen LogP contribution in [0.3, 0.4) is 0 Å². The second kappa shape index (κ2) is 5.57. The average molecular weight is 311 g/mol. The third kappa shape index (κ3) is 2.55. The van der Waals surface area contributed by atoms with Crippen molar-refractivity contribution in [2.75, 3.05) is 7.11 Å². The molecule has 0 amide bonds. The molecule has 1 N–H and O–H groups in total. The number of ketones is 1. The van der Waals surface area contributed by atoms with Gasteiger partial charge in [0.25, 0.3) is 5.69 Å². The molecular weight excluding hydrogens is 298 g/mol. The highest BCUT2D eigenvalue weighted by atomic mass is 16.6. The number of phenols is 1. The van der Waals surface area contributed by atoms with Crippen molar-refractivity contribution in [2.24, 2.45) is 0 Å². The molecular formula is C17H13NO5. The number of nitrogens with zero attached hydrogens (tertiary/aromatic N) is 1. The van der Waals surface area contributed by atoms with E-state index in [1.807, 2.05) is 12.1 Å². The first kappa shape index (κ1) is 14.8. The number of Topliss-reactive ketones (excluding diaryl/α,β-unsaturated/α-hetero) is 1. The Bertz CT molecular complexity index is 854. The lowest BCUT2D eigenvalue weighted by atomic mass is 10.1. The van der Waals surface area contributed by atoms with E-state index in [1.165, 1.54) is 19.3 Å². The van der Waals surface area contributed by atoms with Crippen molar-refractivity contribution >= 4 is 17.5 Å². The minimum atomic E-state index is -0.599. The number of carbonyl (C=O) groups is 1. The van der Waals surface area contributed by atoms with Crippen molar-refractivity contribution in [3.63, 3.8) is 0 Å². The van der Waals surface area contributed by atoms with Gasteiger partial charge in [0.15, 0.2) is 17.3 Å². The molecule has 23 heavy (non-hydrogen) atoms. The highest BCUT2D eigenvalue weighted by molar-refractivity contribution is 6.15. The number of phenolic OH excluding ortho intramolecular Hbond substituents is 1. The van der Waals surface area contributed by atoms with Crippen LogP contribution in [-0.4, -0.2) is 22.9 Å². The molecule has 2 aromatic carbocycles. The van der Waals surface area contributed by atoms with E-state index < -0.39 is 4.92 Å². The van der Waals surface area contributed by atoms with Gasteiger partial charge in [-0.15, -0.1) is 0 Å². The summed E-state index contributed by atoms with van der Waals surface area (Å²) in [5, 5.41) is 20.9. The van der Waals surface area contributed by atoms with Crippen LogP contribution in [0.1, 0.15) is 21.5 Å². The molecule has 0 radical (unpaired) electrons. The number of nitro benzene ring substituents is 1. The number of carbonyl (C=O) groups excluding carboxylic acids is 1. The molecule has 0 atom stereocenters. The number of hydrogen-bond acceptors (Lipinski definition) is 5. The quantitative estimate of drug-likeness (QED) is 0.534. The van der Waals surface area contributed by atoms with Crippen molar-refractivity contribution in [1.29, 1.82) is 0 Å². The Balaban J connectivity index is 2.10. The van der Waals surface area contributed by atoms with Crippen LogP contribution < -0.4 is 4.74 Å². The number of aromatic hydroxyl groups is 1. The first-order chi connectivity index (χ1) is 11.0. The van der Waals surface area contributed by atoms with Crippen LogP contribution in [0.2, 0.25) is 0 Å².